The Bertz CT molecular complexity index is 688. The van der Waals surface area contributed by atoms with Crippen molar-refractivity contribution in [2.75, 3.05) is 13.2 Å². The van der Waals surface area contributed by atoms with Gasteiger partial charge in [-0.1, -0.05) is 6.07 Å². The van der Waals surface area contributed by atoms with Crippen molar-refractivity contribution in [3.63, 3.8) is 0 Å². The summed E-state index contributed by atoms with van der Waals surface area (Å²) in [5.74, 6) is -0.882. The van der Waals surface area contributed by atoms with Crippen LogP contribution in [0, 0.1) is 12.7 Å². The Morgan fingerprint density at radius 2 is 1.97 bits per heavy atom. The van der Waals surface area contributed by atoms with E-state index < -0.39 is 29.5 Å². The number of alkyl carbamates (subject to hydrolysis) is 1. The lowest BCUT2D eigenvalue weighted by Crippen LogP contribution is -2.42. The summed E-state index contributed by atoms with van der Waals surface area (Å²) in [6.45, 7) is 7.08. The van der Waals surface area contributed by atoms with Gasteiger partial charge in [-0.3, -0.25) is 4.79 Å². The number of benzene rings is 1. The van der Waals surface area contributed by atoms with Crippen LogP contribution in [-0.4, -0.2) is 42.0 Å². The second-order valence-electron chi connectivity index (χ2n) is 8.08. The molecule has 0 aliphatic rings. The van der Waals surface area contributed by atoms with Crippen LogP contribution >= 0.6 is 0 Å². The third-order valence-electron chi connectivity index (χ3n) is 4.01. The maximum Gasteiger partial charge on any atom is 0.407 e. The summed E-state index contributed by atoms with van der Waals surface area (Å²) in [7, 11) is 0. The molecule has 0 unspecified atom stereocenters. The molecule has 8 heteroatoms. The molecule has 0 aliphatic heterocycles. The zero-order valence-corrected chi connectivity index (χ0v) is 17.7. The second-order valence-corrected chi connectivity index (χ2v) is 8.08. The molecule has 0 heterocycles. The molecule has 0 saturated heterocycles. The maximum absolute atomic E-state index is 14.8. The molecule has 0 saturated carbocycles. The van der Waals surface area contributed by atoms with Crippen molar-refractivity contribution in [1.29, 1.82) is 0 Å². The molecule has 164 valence electrons. The highest BCUT2D eigenvalue weighted by Gasteiger charge is 2.21. The van der Waals surface area contributed by atoms with Crippen LogP contribution < -0.4 is 15.8 Å². The zero-order valence-electron chi connectivity index (χ0n) is 17.7. The zero-order chi connectivity index (χ0) is 22.0. The fraction of sp³-hybridized carbons (Fsp3) is 0.619. The first-order chi connectivity index (χ1) is 13.5. The first-order valence-electron chi connectivity index (χ1n) is 9.82. The number of carbonyl (C=O) groups excluding carboxylic acids is 2. The molecule has 29 heavy (non-hydrogen) atoms. The second kappa shape index (κ2) is 11.6. The normalized spacial score (nSPS) is 12.3. The van der Waals surface area contributed by atoms with Gasteiger partial charge in [-0.2, -0.15) is 0 Å². The van der Waals surface area contributed by atoms with Crippen LogP contribution in [-0.2, 0) is 16.0 Å². The highest BCUT2D eigenvalue weighted by atomic mass is 19.1. The van der Waals surface area contributed by atoms with E-state index in [0.29, 0.717) is 24.8 Å². The first kappa shape index (κ1) is 24.7. The largest absolute Gasteiger partial charge is 0.488 e. The van der Waals surface area contributed by atoms with Crippen molar-refractivity contribution in [2.24, 2.45) is 5.73 Å². The highest BCUT2D eigenvalue weighted by molar-refractivity contribution is 5.74. The minimum atomic E-state index is -0.675. The topological polar surface area (TPSA) is 111 Å². The van der Waals surface area contributed by atoms with Crippen molar-refractivity contribution in [3.05, 3.63) is 29.1 Å². The summed E-state index contributed by atoms with van der Waals surface area (Å²) in [6, 6.07) is 2.77. The lowest BCUT2D eigenvalue weighted by atomic mass is 10.0. The standard InChI is InChI=1S/C21H33FN2O5/c1-14-11-15(7-5-6-10-25)19(22)17(12-14)28-13-16(8-9-18(23)26)24-20(27)29-21(2,3)4/h11-12,16,25H,5-10,13H2,1-4H3,(H2,23,26)(H,24,27)/t16-/m0/s1. The van der Waals surface area contributed by atoms with Gasteiger partial charge in [0.2, 0.25) is 5.91 Å². The highest BCUT2D eigenvalue weighted by Crippen LogP contribution is 2.25. The third kappa shape index (κ3) is 10.1. The van der Waals surface area contributed by atoms with Gasteiger partial charge in [0.15, 0.2) is 11.6 Å². The lowest BCUT2D eigenvalue weighted by molar-refractivity contribution is -0.118. The average molecular weight is 413 g/mol. The minimum absolute atomic E-state index is 0.0387. The summed E-state index contributed by atoms with van der Waals surface area (Å²) in [4.78, 5) is 23.2. The first-order valence-corrected chi connectivity index (χ1v) is 9.82. The molecular weight excluding hydrogens is 379 g/mol. The number of amides is 2. The Morgan fingerprint density at radius 3 is 2.55 bits per heavy atom. The minimum Gasteiger partial charge on any atom is -0.488 e. The Labute approximate surface area is 171 Å². The molecule has 0 bridgehead atoms. The van der Waals surface area contributed by atoms with Crippen molar-refractivity contribution >= 4 is 12.0 Å². The van der Waals surface area contributed by atoms with Gasteiger partial charge in [0.1, 0.15) is 12.2 Å². The lowest BCUT2D eigenvalue weighted by Gasteiger charge is -2.24. The van der Waals surface area contributed by atoms with Crippen LogP contribution in [0.5, 0.6) is 5.75 Å². The van der Waals surface area contributed by atoms with E-state index in [0.717, 1.165) is 5.56 Å². The van der Waals surface area contributed by atoms with E-state index in [1.807, 2.05) is 6.92 Å². The molecule has 0 fully saturated rings. The number of nitrogens with one attached hydrogen (secondary N) is 1. The average Bonchev–Trinajstić information content (AvgIpc) is 2.59. The number of nitrogens with two attached hydrogens (primary N) is 1. The van der Waals surface area contributed by atoms with Crippen LogP contribution in [0.2, 0.25) is 0 Å². The van der Waals surface area contributed by atoms with Crippen LogP contribution in [0.25, 0.3) is 0 Å². The number of aryl methyl sites for hydroxylation is 2. The van der Waals surface area contributed by atoms with Crippen LogP contribution in [0.15, 0.2) is 12.1 Å². The van der Waals surface area contributed by atoms with Gasteiger partial charge in [-0.05, 0) is 70.6 Å². The SMILES string of the molecule is Cc1cc(CCCCO)c(F)c(OC[C@H](CCC(N)=O)NC(=O)OC(C)(C)C)c1. The number of carbonyl (C=O) groups is 2. The predicted octanol–water partition coefficient (Wildman–Crippen LogP) is 2.99. The molecule has 4 N–H and O–H groups in total. The molecule has 0 radical (unpaired) electrons. The Hall–Kier alpha value is -2.35. The van der Waals surface area contributed by atoms with Crippen molar-refractivity contribution in [2.45, 2.75) is 71.4 Å². The van der Waals surface area contributed by atoms with Gasteiger partial charge in [0.05, 0.1) is 6.04 Å². The molecule has 1 rings (SSSR count). The fourth-order valence-corrected chi connectivity index (χ4v) is 2.70. The predicted molar refractivity (Wildman–Crippen MR) is 108 cm³/mol. The van der Waals surface area contributed by atoms with E-state index in [1.165, 1.54) is 0 Å². The van der Waals surface area contributed by atoms with Crippen LogP contribution in [0.1, 0.15) is 57.6 Å². The van der Waals surface area contributed by atoms with E-state index in [4.69, 9.17) is 20.3 Å². The molecule has 7 nitrogen and oxygen atoms in total. The smallest absolute Gasteiger partial charge is 0.407 e. The molecular formula is C21H33FN2O5. The molecule has 0 aliphatic carbocycles. The van der Waals surface area contributed by atoms with E-state index in [1.54, 1.807) is 32.9 Å². The monoisotopic (exact) mass is 412 g/mol. The van der Waals surface area contributed by atoms with Gasteiger partial charge < -0.3 is 25.6 Å². The number of ether oxygens (including phenoxy) is 2. The number of aliphatic hydroxyl groups excluding tert-OH is 1. The number of hydrogen-bond acceptors (Lipinski definition) is 5. The molecule has 0 spiro atoms. The van der Waals surface area contributed by atoms with Gasteiger partial charge in [-0.25, -0.2) is 9.18 Å². The summed E-state index contributed by atoms with van der Waals surface area (Å²) in [5.41, 5.74) is 5.88. The van der Waals surface area contributed by atoms with Gasteiger partial charge in [0.25, 0.3) is 0 Å². The number of aliphatic hydroxyl groups is 1. The molecule has 2 amide bonds. The number of hydrogen-bond donors (Lipinski definition) is 3. The van der Waals surface area contributed by atoms with Gasteiger partial charge >= 0.3 is 6.09 Å². The van der Waals surface area contributed by atoms with Gasteiger partial charge in [0, 0.05) is 13.0 Å². The Morgan fingerprint density at radius 1 is 1.28 bits per heavy atom. The number of halogens is 1. The van der Waals surface area contributed by atoms with E-state index >= 15 is 0 Å². The Balaban J connectivity index is 2.83. The van der Waals surface area contributed by atoms with Crippen LogP contribution in [0.3, 0.4) is 0 Å². The van der Waals surface area contributed by atoms with E-state index in [9.17, 15) is 14.0 Å². The van der Waals surface area contributed by atoms with Crippen molar-refractivity contribution < 1.29 is 28.6 Å². The van der Waals surface area contributed by atoms with Crippen molar-refractivity contribution in [3.8, 4) is 5.75 Å². The van der Waals surface area contributed by atoms with E-state index in [-0.39, 0.29) is 31.8 Å². The Kier molecular flexibility index (Phi) is 9.88. The molecule has 0 aromatic heterocycles. The quantitative estimate of drug-likeness (QED) is 0.484. The van der Waals surface area contributed by atoms with E-state index in [2.05, 4.69) is 5.32 Å². The number of primary amides is 1. The summed E-state index contributed by atoms with van der Waals surface area (Å²) < 4.78 is 25.6. The molecule has 1 aromatic rings. The third-order valence-corrected chi connectivity index (χ3v) is 4.01. The summed E-state index contributed by atoms with van der Waals surface area (Å²) in [6.07, 6.45) is 1.39. The fourth-order valence-electron chi connectivity index (χ4n) is 2.70. The molecule has 1 atom stereocenters. The van der Waals surface area contributed by atoms with Crippen LogP contribution in [0.4, 0.5) is 9.18 Å². The van der Waals surface area contributed by atoms with Gasteiger partial charge in [-0.15, -0.1) is 0 Å². The number of unbranched alkanes of at least 4 members (excludes halogenated alkanes) is 1. The van der Waals surface area contributed by atoms with Crippen molar-refractivity contribution in [1.82, 2.24) is 5.32 Å². The number of rotatable bonds is 11. The summed E-state index contributed by atoms with van der Waals surface area (Å²) in [5, 5.41) is 11.5. The maximum atomic E-state index is 14.8. The summed E-state index contributed by atoms with van der Waals surface area (Å²) >= 11 is 0. The molecule has 1 aromatic carbocycles.